The van der Waals surface area contributed by atoms with Gasteiger partial charge >= 0.3 is 0 Å². The molecular formula is C14H20N4O3. The molecule has 1 aromatic carbocycles. The summed E-state index contributed by atoms with van der Waals surface area (Å²) >= 11 is 0. The van der Waals surface area contributed by atoms with Crippen LogP contribution in [0.15, 0.2) is 24.3 Å². The minimum atomic E-state index is -0.401. The van der Waals surface area contributed by atoms with Gasteiger partial charge in [0.15, 0.2) is 0 Å². The molecule has 0 aliphatic carbocycles. The quantitative estimate of drug-likeness (QED) is 0.596. The number of nitro benzene ring substituents is 1. The summed E-state index contributed by atoms with van der Waals surface area (Å²) in [7, 11) is 1.64. The second-order valence-electron chi connectivity index (χ2n) is 5.04. The van der Waals surface area contributed by atoms with Gasteiger partial charge in [0.2, 0.25) is 5.91 Å². The van der Waals surface area contributed by atoms with Gasteiger partial charge in [-0.3, -0.25) is 19.8 Å². The maximum atomic E-state index is 11.8. The minimum Gasteiger partial charge on any atom is -0.358 e. The number of hydrogen-bond donors (Lipinski definition) is 2. The van der Waals surface area contributed by atoms with Crippen LogP contribution in [0.3, 0.4) is 0 Å². The fourth-order valence-corrected chi connectivity index (χ4v) is 2.50. The number of non-ortho nitro benzene ring substituents is 1. The third kappa shape index (κ3) is 3.99. The molecule has 0 saturated carbocycles. The fraction of sp³-hybridized carbons (Fsp3) is 0.500. The molecule has 0 bridgehead atoms. The molecule has 1 saturated heterocycles. The van der Waals surface area contributed by atoms with Gasteiger partial charge in [-0.15, -0.1) is 0 Å². The first-order valence-corrected chi connectivity index (χ1v) is 7.01. The fourth-order valence-electron chi connectivity index (χ4n) is 2.50. The SMILES string of the molecule is CNC(=O)C1CNCCN1CCc1ccc([N+](=O)[O-])cc1. The molecule has 7 nitrogen and oxygen atoms in total. The van der Waals surface area contributed by atoms with E-state index in [1.165, 1.54) is 12.1 Å². The van der Waals surface area contributed by atoms with Crippen LogP contribution in [0.4, 0.5) is 5.69 Å². The molecule has 1 amide bonds. The average Bonchev–Trinajstić information content (AvgIpc) is 2.52. The molecule has 7 heteroatoms. The van der Waals surface area contributed by atoms with E-state index >= 15 is 0 Å². The second-order valence-corrected chi connectivity index (χ2v) is 5.04. The van der Waals surface area contributed by atoms with Crippen molar-refractivity contribution in [3.05, 3.63) is 39.9 Å². The number of nitro groups is 1. The first kappa shape index (κ1) is 15.4. The molecule has 1 aromatic rings. The highest BCUT2D eigenvalue weighted by Gasteiger charge is 2.27. The predicted molar refractivity (Wildman–Crippen MR) is 79.1 cm³/mol. The summed E-state index contributed by atoms with van der Waals surface area (Å²) in [4.78, 5) is 24.2. The number of amides is 1. The maximum Gasteiger partial charge on any atom is 0.269 e. The first-order valence-electron chi connectivity index (χ1n) is 7.01. The molecular weight excluding hydrogens is 272 g/mol. The van der Waals surface area contributed by atoms with Crippen molar-refractivity contribution in [1.29, 1.82) is 0 Å². The van der Waals surface area contributed by atoms with Gasteiger partial charge in [0.05, 0.1) is 4.92 Å². The lowest BCUT2D eigenvalue weighted by molar-refractivity contribution is -0.384. The molecule has 1 aliphatic rings. The van der Waals surface area contributed by atoms with Gasteiger partial charge in [-0.05, 0) is 12.0 Å². The van der Waals surface area contributed by atoms with E-state index in [2.05, 4.69) is 15.5 Å². The van der Waals surface area contributed by atoms with Crippen LogP contribution >= 0.6 is 0 Å². The number of piperazine rings is 1. The van der Waals surface area contributed by atoms with Crippen molar-refractivity contribution in [3.63, 3.8) is 0 Å². The molecule has 114 valence electrons. The minimum absolute atomic E-state index is 0.0194. The van der Waals surface area contributed by atoms with Crippen LogP contribution < -0.4 is 10.6 Å². The zero-order valence-corrected chi connectivity index (χ0v) is 12.0. The lowest BCUT2D eigenvalue weighted by atomic mass is 10.1. The Kier molecular flexibility index (Phi) is 5.24. The summed E-state index contributed by atoms with van der Waals surface area (Å²) in [5.41, 5.74) is 1.14. The standard InChI is InChI=1S/C14H20N4O3/c1-15-14(19)13-10-16-7-9-17(13)8-6-11-2-4-12(5-3-11)18(20)21/h2-5,13,16H,6-10H2,1H3,(H,15,19). The predicted octanol–water partition coefficient (Wildman–Crippen LogP) is 0.157. The van der Waals surface area contributed by atoms with Crippen LogP contribution in [0, 0.1) is 10.1 Å². The Morgan fingerprint density at radius 3 is 2.81 bits per heavy atom. The monoisotopic (exact) mass is 292 g/mol. The highest BCUT2D eigenvalue weighted by atomic mass is 16.6. The molecule has 1 heterocycles. The van der Waals surface area contributed by atoms with E-state index in [1.807, 2.05) is 0 Å². The van der Waals surface area contributed by atoms with Crippen molar-refractivity contribution in [1.82, 2.24) is 15.5 Å². The topological polar surface area (TPSA) is 87.5 Å². The van der Waals surface area contributed by atoms with E-state index in [0.717, 1.165) is 31.6 Å². The number of nitrogens with one attached hydrogen (secondary N) is 2. The molecule has 2 rings (SSSR count). The van der Waals surface area contributed by atoms with Gasteiger partial charge < -0.3 is 10.6 Å². The van der Waals surface area contributed by atoms with E-state index in [0.29, 0.717) is 6.54 Å². The van der Waals surface area contributed by atoms with Crippen LogP contribution in [0.5, 0.6) is 0 Å². The van der Waals surface area contributed by atoms with Crippen LogP contribution in [0.1, 0.15) is 5.56 Å². The maximum absolute atomic E-state index is 11.8. The van der Waals surface area contributed by atoms with Crippen molar-refractivity contribution in [2.75, 3.05) is 33.2 Å². The third-order valence-corrected chi connectivity index (χ3v) is 3.74. The van der Waals surface area contributed by atoms with Crippen molar-refractivity contribution in [3.8, 4) is 0 Å². The summed E-state index contributed by atoms with van der Waals surface area (Å²) in [5.74, 6) is 0.0194. The van der Waals surface area contributed by atoms with Gasteiger partial charge in [-0.1, -0.05) is 12.1 Å². The van der Waals surface area contributed by atoms with Crippen molar-refractivity contribution < 1.29 is 9.72 Å². The second kappa shape index (κ2) is 7.14. The average molecular weight is 292 g/mol. The summed E-state index contributed by atoms with van der Waals surface area (Å²) < 4.78 is 0. The van der Waals surface area contributed by atoms with Crippen LogP contribution in [-0.2, 0) is 11.2 Å². The van der Waals surface area contributed by atoms with Gasteiger partial charge in [-0.25, -0.2) is 0 Å². The van der Waals surface area contributed by atoms with Gasteiger partial charge in [0.1, 0.15) is 6.04 Å². The Hall–Kier alpha value is -1.99. The molecule has 1 aliphatic heterocycles. The summed E-state index contributed by atoms with van der Waals surface area (Å²) in [6, 6.07) is 6.43. The Labute approximate surface area is 123 Å². The molecule has 1 atom stereocenters. The third-order valence-electron chi connectivity index (χ3n) is 3.74. The van der Waals surface area contributed by atoms with Gasteiger partial charge in [-0.2, -0.15) is 0 Å². The molecule has 0 radical (unpaired) electrons. The van der Waals surface area contributed by atoms with Crippen molar-refractivity contribution >= 4 is 11.6 Å². The number of nitrogens with zero attached hydrogens (tertiary/aromatic N) is 2. The summed E-state index contributed by atoms with van der Waals surface area (Å²) in [6.45, 7) is 3.11. The van der Waals surface area contributed by atoms with Crippen LogP contribution in [0.2, 0.25) is 0 Å². The molecule has 1 unspecified atom stereocenters. The number of carbonyl (C=O) groups excluding carboxylic acids is 1. The van der Waals surface area contributed by atoms with Crippen molar-refractivity contribution in [2.45, 2.75) is 12.5 Å². The lowest BCUT2D eigenvalue weighted by Crippen LogP contribution is -2.57. The smallest absolute Gasteiger partial charge is 0.269 e. The largest absolute Gasteiger partial charge is 0.358 e. The van der Waals surface area contributed by atoms with E-state index in [9.17, 15) is 14.9 Å². The highest BCUT2D eigenvalue weighted by Crippen LogP contribution is 2.13. The normalized spacial score (nSPS) is 19.2. The van der Waals surface area contributed by atoms with E-state index in [1.54, 1.807) is 19.2 Å². The molecule has 2 N–H and O–H groups in total. The molecule has 1 fully saturated rings. The number of hydrogen-bond acceptors (Lipinski definition) is 5. The van der Waals surface area contributed by atoms with Gasteiger partial charge in [0.25, 0.3) is 5.69 Å². The number of benzene rings is 1. The van der Waals surface area contributed by atoms with Crippen molar-refractivity contribution in [2.24, 2.45) is 0 Å². The zero-order chi connectivity index (χ0) is 15.2. The molecule has 0 spiro atoms. The first-order chi connectivity index (χ1) is 10.1. The number of likely N-dealkylation sites (N-methyl/N-ethyl adjacent to an activating group) is 1. The van der Waals surface area contributed by atoms with E-state index < -0.39 is 4.92 Å². The van der Waals surface area contributed by atoms with Crippen LogP contribution in [-0.4, -0.2) is 55.0 Å². The Bertz CT molecular complexity index is 503. The number of carbonyl (C=O) groups is 1. The lowest BCUT2D eigenvalue weighted by Gasteiger charge is -2.34. The molecule has 0 aromatic heterocycles. The summed E-state index contributed by atoms with van der Waals surface area (Å²) in [6.07, 6.45) is 0.769. The van der Waals surface area contributed by atoms with E-state index in [4.69, 9.17) is 0 Å². The van der Waals surface area contributed by atoms with E-state index in [-0.39, 0.29) is 17.6 Å². The van der Waals surface area contributed by atoms with Crippen LogP contribution in [0.25, 0.3) is 0 Å². The number of rotatable bonds is 5. The van der Waals surface area contributed by atoms with Gasteiger partial charge in [0, 0.05) is 45.4 Å². The zero-order valence-electron chi connectivity index (χ0n) is 12.0. The highest BCUT2D eigenvalue weighted by molar-refractivity contribution is 5.81. The Morgan fingerprint density at radius 2 is 2.19 bits per heavy atom. The molecule has 21 heavy (non-hydrogen) atoms. The Balaban J connectivity index is 1.94. The summed E-state index contributed by atoms with van der Waals surface area (Å²) in [5, 5.41) is 16.5. The Morgan fingerprint density at radius 1 is 1.48 bits per heavy atom.